The molecule has 10 N–H and O–H groups in total. The lowest BCUT2D eigenvalue weighted by Crippen LogP contribution is -2.52. The molecule has 102 valence electrons. The van der Waals surface area contributed by atoms with E-state index < -0.39 is 12.3 Å². The number of hydrogen-bond acceptors (Lipinski definition) is 5. The number of hydrogen-bond donors (Lipinski definition) is 6. The van der Waals surface area contributed by atoms with Gasteiger partial charge >= 0.3 is 6.03 Å². The minimum atomic E-state index is -0.521. The summed E-state index contributed by atoms with van der Waals surface area (Å²) in [6.45, 7) is 0. The Labute approximate surface area is 104 Å². The molecule has 1 heterocycles. The van der Waals surface area contributed by atoms with Gasteiger partial charge in [0.05, 0.1) is 0 Å². The van der Waals surface area contributed by atoms with E-state index in [1.807, 2.05) is 0 Å². The summed E-state index contributed by atoms with van der Waals surface area (Å²) in [5.41, 5.74) is 26.2. The summed E-state index contributed by atoms with van der Waals surface area (Å²) in [6.07, 6.45) is -1.04. The average molecular weight is 258 g/mol. The zero-order chi connectivity index (χ0) is 13.9. The molecule has 1 aliphatic rings. The van der Waals surface area contributed by atoms with E-state index >= 15 is 0 Å². The maximum Gasteiger partial charge on any atom is 0.323 e. The number of nitrogens with two attached hydrogens (primary N) is 4. The van der Waals surface area contributed by atoms with Crippen molar-refractivity contribution in [2.75, 3.05) is 14.1 Å². The zero-order valence-corrected chi connectivity index (χ0v) is 10.2. The average Bonchev–Trinajstić information content (AvgIpc) is 2.48. The maximum absolute atomic E-state index is 11.8. The standard InChI is InChI=1S/C7H18N10O/c1-16-3(12-14-5(8)9)4(13-15-6(10)11)17(2)7(16)18/h3-4,12-13H,1-2H3,(H4,8,9,14)(H4,10,11,15)/t3-,4-/m1/s1. The van der Waals surface area contributed by atoms with Crippen LogP contribution < -0.4 is 33.8 Å². The number of rotatable bonds is 4. The van der Waals surface area contributed by atoms with Crippen molar-refractivity contribution in [1.82, 2.24) is 20.7 Å². The Morgan fingerprint density at radius 1 is 1.00 bits per heavy atom. The molecule has 0 aliphatic carbocycles. The Hall–Kier alpha value is -2.59. The molecular weight excluding hydrogens is 240 g/mol. The van der Waals surface area contributed by atoms with Gasteiger partial charge in [0.2, 0.25) is 11.9 Å². The molecule has 1 aliphatic heterocycles. The van der Waals surface area contributed by atoms with E-state index in [0.29, 0.717) is 0 Å². The zero-order valence-electron chi connectivity index (χ0n) is 10.2. The van der Waals surface area contributed by atoms with Crippen molar-refractivity contribution < 1.29 is 4.79 Å². The number of guanidine groups is 2. The summed E-state index contributed by atoms with van der Waals surface area (Å²) in [5.74, 6) is -0.294. The van der Waals surface area contributed by atoms with Crippen LogP contribution in [0.15, 0.2) is 10.2 Å². The van der Waals surface area contributed by atoms with Crippen LogP contribution in [0.5, 0.6) is 0 Å². The van der Waals surface area contributed by atoms with Gasteiger partial charge in [-0.2, -0.15) is 0 Å². The van der Waals surface area contributed by atoms with Crippen molar-refractivity contribution in [3.05, 3.63) is 0 Å². The van der Waals surface area contributed by atoms with Crippen molar-refractivity contribution in [2.45, 2.75) is 12.3 Å². The van der Waals surface area contributed by atoms with Gasteiger partial charge in [-0.1, -0.05) is 0 Å². The monoisotopic (exact) mass is 258 g/mol. The summed E-state index contributed by atoms with van der Waals surface area (Å²) in [4.78, 5) is 14.6. The van der Waals surface area contributed by atoms with Crippen molar-refractivity contribution in [3.63, 3.8) is 0 Å². The van der Waals surface area contributed by atoms with Gasteiger partial charge in [-0.3, -0.25) is 10.9 Å². The number of nitrogens with one attached hydrogen (secondary N) is 2. The molecule has 1 rings (SSSR count). The van der Waals surface area contributed by atoms with Gasteiger partial charge in [-0.25, -0.2) is 4.79 Å². The van der Waals surface area contributed by atoms with E-state index in [4.69, 9.17) is 22.9 Å². The second-order valence-electron chi connectivity index (χ2n) is 3.73. The van der Waals surface area contributed by atoms with Crippen LogP contribution in [0, 0.1) is 0 Å². The lowest BCUT2D eigenvalue weighted by Gasteiger charge is -2.24. The van der Waals surface area contributed by atoms with E-state index in [9.17, 15) is 4.79 Å². The number of hydrazone groups is 2. The molecule has 0 bridgehead atoms. The van der Waals surface area contributed by atoms with Crippen molar-refractivity contribution in [1.29, 1.82) is 0 Å². The third-order valence-corrected chi connectivity index (χ3v) is 2.39. The van der Waals surface area contributed by atoms with Gasteiger partial charge in [-0.15, -0.1) is 10.2 Å². The van der Waals surface area contributed by atoms with Gasteiger partial charge in [0.25, 0.3) is 0 Å². The SMILES string of the molecule is CN1C(=O)N(C)[C@@H](NN=C(N)N)[C@@H]1NN=C(N)N. The summed E-state index contributed by atoms with van der Waals surface area (Å²) in [5, 5.41) is 7.31. The molecule has 18 heavy (non-hydrogen) atoms. The fourth-order valence-corrected chi connectivity index (χ4v) is 1.51. The third-order valence-electron chi connectivity index (χ3n) is 2.39. The Morgan fingerprint density at radius 3 is 1.61 bits per heavy atom. The number of nitrogens with zero attached hydrogens (tertiary/aromatic N) is 4. The molecule has 1 saturated heterocycles. The van der Waals surface area contributed by atoms with Crippen molar-refractivity contribution in [2.24, 2.45) is 33.1 Å². The number of amides is 2. The summed E-state index contributed by atoms with van der Waals surface area (Å²) >= 11 is 0. The van der Waals surface area contributed by atoms with Crippen LogP contribution in [-0.2, 0) is 0 Å². The molecule has 0 saturated carbocycles. The quantitative estimate of drug-likeness (QED) is 0.170. The second-order valence-corrected chi connectivity index (χ2v) is 3.73. The van der Waals surface area contributed by atoms with Crippen LogP contribution >= 0.6 is 0 Å². The van der Waals surface area contributed by atoms with Crippen molar-refractivity contribution in [3.8, 4) is 0 Å². The first-order valence-corrected chi connectivity index (χ1v) is 5.02. The molecule has 11 nitrogen and oxygen atoms in total. The summed E-state index contributed by atoms with van der Waals surface area (Å²) in [6, 6.07) is -0.235. The maximum atomic E-state index is 11.8. The molecular formula is C7H18N10O. The van der Waals surface area contributed by atoms with Crippen LogP contribution in [-0.4, -0.2) is 54.2 Å². The minimum absolute atomic E-state index is 0.147. The summed E-state index contributed by atoms with van der Waals surface area (Å²) in [7, 11) is 3.19. The van der Waals surface area contributed by atoms with E-state index in [0.717, 1.165) is 0 Å². The lowest BCUT2D eigenvalue weighted by molar-refractivity contribution is 0.197. The van der Waals surface area contributed by atoms with Crippen LogP contribution in [0.4, 0.5) is 4.79 Å². The largest absolute Gasteiger partial charge is 0.369 e. The first-order chi connectivity index (χ1) is 8.34. The van der Waals surface area contributed by atoms with E-state index in [1.165, 1.54) is 9.80 Å². The molecule has 2 amide bonds. The van der Waals surface area contributed by atoms with Gasteiger partial charge < -0.3 is 32.7 Å². The number of carbonyl (C=O) groups is 1. The lowest BCUT2D eigenvalue weighted by atomic mass is 10.4. The molecule has 0 aromatic rings. The predicted molar refractivity (Wildman–Crippen MR) is 66.4 cm³/mol. The molecule has 0 aromatic carbocycles. The molecule has 0 aromatic heterocycles. The van der Waals surface area contributed by atoms with E-state index in [2.05, 4.69) is 21.1 Å². The molecule has 0 radical (unpaired) electrons. The Bertz CT molecular complexity index is 336. The highest BCUT2D eigenvalue weighted by Gasteiger charge is 2.42. The smallest absolute Gasteiger partial charge is 0.323 e. The Kier molecular flexibility index (Phi) is 3.86. The van der Waals surface area contributed by atoms with Crippen LogP contribution in [0.1, 0.15) is 0 Å². The van der Waals surface area contributed by atoms with Gasteiger partial charge in [0.15, 0.2) is 12.3 Å². The highest BCUT2D eigenvalue weighted by Crippen LogP contribution is 2.15. The number of carbonyl (C=O) groups excluding carboxylic acids is 1. The van der Waals surface area contributed by atoms with Gasteiger partial charge in [0.1, 0.15) is 0 Å². The second kappa shape index (κ2) is 5.16. The van der Waals surface area contributed by atoms with Crippen molar-refractivity contribution >= 4 is 18.0 Å². The first-order valence-electron chi connectivity index (χ1n) is 5.02. The normalized spacial score (nSPS) is 22.7. The number of likely N-dealkylation sites (N-methyl/N-ethyl adjacent to an activating group) is 2. The predicted octanol–water partition coefficient (Wildman–Crippen LogP) is -3.81. The Morgan fingerprint density at radius 2 is 1.33 bits per heavy atom. The summed E-state index contributed by atoms with van der Waals surface area (Å²) < 4.78 is 0. The van der Waals surface area contributed by atoms with Gasteiger partial charge in [-0.05, 0) is 0 Å². The first kappa shape index (κ1) is 13.5. The van der Waals surface area contributed by atoms with Crippen LogP contribution in [0.2, 0.25) is 0 Å². The third kappa shape index (κ3) is 2.75. The van der Waals surface area contributed by atoms with Crippen LogP contribution in [0.25, 0.3) is 0 Å². The Balaban J connectivity index is 2.84. The highest BCUT2D eigenvalue weighted by molar-refractivity contribution is 5.78. The fraction of sp³-hybridized carbons (Fsp3) is 0.571. The minimum Gasteiger partial charge on any atom is -0.369 e. The van der Waals surface area contributed by atoms with E-state index in [1.54, 1.807) is 14.1 Å². The molecule has 0 spiro atoms. The van der Waals surface area contributed by atoms with Crippen LogP contribution in [0.3, 0.4) is 0 Å². The fourth-order valence-electron chi connectivity index (χ4n) is 1.51. The number of urea groups is 1. The topological polar surface area (TPSA) is 176 Å². The highest BCUT2D eigenvalue weighted by atomic mass is 16.2. The molecule has 11 heteroatoms. The molecule has 2 atom stereocenters. The van der Waals surface area contributed by atoms with E-state index in [-0.39, 0.29) is 18.0 Å². The van der Waals surface area contributed by atoms with Gasteiger partial charge in [0, 0.05) is 14.1 Å². The molecule has 0 unspecified atom stereocenters. The molecule has 1 fully saturated rings.